The molecule has 0 aliphatic carbocycles. The monoisotopic (exact) mass is 200 g/mol. The van der Waals surface area contributed by atoms with Crippen molar-refractivity contribution in [3.8, 4) is 0 Å². The van der Waals surface area contributed by atoms with E-state index in [1.807, 2.05) is 20.8 Å². The zero-order valence-electron chi connectivity index (χ0n) is 7.29. The third kappa shape index (κ3) is 4.99. The van der Waals surface area contributed by atoms with Gasteiger partial charge in [0.25, 0.3) is 0 Å². The molecule has 0 saturated heterocycles. The molecule has 0 spiro atoms. The van der Waals surface area contributed by atoms with Crippen molar-refractivity contribution in [2.45, 2.75) is 20.8 Å². The molecule has 0 saturated carbocycles. The Morgan fingerprint density at radius 3 is 1.36 bits per heavy atom. The van der Waals surface area contributed by atoms with Crippen molar-refractivity contribution >= 4 is 19.4 Å². The molecule has 3 nitrogen and oxygen atoms in total. The Morgan fingerprint density at radius 2 is 1.18 bits per heavy atom. The van der Waals surface area contributed by atoms with Gasteiger partial charge in [-0.1, -0.05) is 0 Å². The van der Waals surface area contributed by atoms with E-state index in [0.29, 0.717) is 19.8 Å². The van der Waals surface area contributed by atoms with E-state index < -0.39 is 7.15 Å². The van der Waals surface area contributed by atoms with Crippen molar-refractivity contribution in [3.63, 3.8) is 0 Å². The van der Waals surface area contributed by atoms with Crippen LogP contribution in [-0.4, -0.2) is 19.8 Å². The van der Waals surface area contributed by atoms with Crippen LogP contribution in [0.15, 0.2) is 0 Å². The quantitative estimate of drug-likeness (QED) is 0.527. The average molecular weight is 200 g/mol. The standard InChI is InChI=1S/C6H17O3PS/c1-4-7-10(11,8-5-2)9-6-3/h10-11H,4-6H2,1-3H3. The van der Waals surface area contributed by atoms with E-state index in [1.54, 1.807) is 0 Å². The van der Waals surface area contributed by atoms with E-state index in [-0.39, 0.29) is 0 Å². The van der Waals surface area contributed by atoms with Gasteiger partial charge in [0.05, 0.1) is 0 Å². The number of hydrogen-bond acceptors (Lipinski definition) is 4. The van der Waals surface area contributed by atoms with Crippen molar-refractivity contribution in [1.82, 2.24) is 0 Å². The molecule has 0 heterocycles. The SMILES string of the molecule is CCO[PH](S)(OCC)OCC. The zero-order chi connectivity index (χ0) is 8.74. The number of rotatable bonds is 6. The van der Waals surface area contributed by atoms with Crippen molar-refractivity contribution in [1.29, 1.82) is 0 Å². The van der Waals surface area contributed by atoms with Crippen LogP contribution in [0.1, 0.15) is 20.8 Å². The maximum atomic E-state index is 5.27. The topological polar surface area (TPSA) is 27.7 Å². The van der Waals surface area contributed by atoms with Gasteiger partial charge in [0.2, 0.25) is 0 Å². The summed E-state index contributed by atoms with van der Waals surface area (Å²) in [5.41, 5.74) is 0. The van der Waals surface area contributed by atoms with E-state index in [1.165, 1.54) is 0 Å². The molecular weight excluding hydrogens is 183 g/mol. The predicted molar refractivity (Wildman–Crippen MR) is 52.2 cm³/mol. The first-order valence-electron chi connectivity index (χ1n) is 3.82. The first-order chi connectivity index (χ1) is 5.18. The summed E-state index contributed by atoms with van der Waals surface area (Å²) in [5.74, 6) is 0. The fraction of sp³-hybridized carbons (Fsp3) is 1.00. The summed E-state index contributed by atoms with van der Waals surface area (Å²) < 4.78 is 15.8. The fourth-order valence-corrected chi connectivity index (χ4v) is 3.18. The molecule has 0 fully saturated rings. The first kappa shape index (κ1) is 11.7. The van der Waals surface area contributed by atoms with Crippen LogP contribution in [0.2, 0.25) is 0 Å². The van der Waals surface area contributed by atoms with Gasteiger partial charge in [0.15, 0.2) is 0 Å². The molecule has 0 aromatic rings. The second-order valence-corrected chi connectivity index (χ2v) is 5.38. The molecule has 0 amide bonds. The van der Waals surface area contributed by atoms with E-state index in [2.05, 4.69) is 12.2 Å². The summed E-state index contributed by atoms with van der Waals surface area (Å²) in [4.78, 5) is 0. The minimum atomic E-state index is -2.55. The van der Waals surface area contributed by atoms with Crippen LogP contribution in [-0.2, 0) is 13.6 Å². The molecule has 0 N–H and O–H groups in total. The Bertz CT molecular complexity index is 84.8. The van der Waals surface area contributed by atoms with E-state index in [4.69, 9.17) is 13.6 Å². The molecule has 0 bridgehead atoms. The van der Waals surface area contributed by atoms with Crippen LogP contribution >= 0.6 is 19.4 Å². The van der Waals surface area contributed by atoms with Crippen LogP contribution in [0.25, 0.3) is 0 Å². The number of thiol groups is 1. The Balaban J connectivity index is 3.79. The normalized spacial score (nSPS) is 13.5. The van der Waals surface area contributed by atoms with Gasteiger partial charge in [0, 0.05) is 0 Å². The first-order valence-corrected chi connectivity index (χ1v) is 6.84. The fourth-order valence-electron chi connectivity index (χ4n) is 0.672. The Morgan fingerprint density at radius 1 is 0.909 bits per heavy atom. The molecule has 0 rings (SSSR count). The third-order valence-corrected chi connectivity index (χ3v) is 4.10. The number of hydrogen-bond donors (Lipinski definition) is 1. The molecule has 70 valence electrons. The summed E-state index contributed by atoms with van der Waals surface area (Å²) in [6, 6.07) is 0. The summed E-state index contributed by atoms with van der Waals surface area (Å²) in [6.45, 7) is 7.43. The molecule has 0 radical (unpaired) electrons. The van der Waals surface area contributed by atoms with Gasteiger partial charge in [-0.3, -0.25) is 0 Å². The van der Waals surface area contributed by atoms with E-state index >= 15 is 0 Å². The molecule has 0 unspecified atom stereocenters. The minimum absolute atomic E-state index is 0.579. The van der Waals surface area contributed by atoms with Crippen LogP contribution in [0.3, 0.4) is 0 Å². The van der Waals surface area contributed by atoms with Crippen molar-refractivity contribution in [3.05, 3.63) is 0 Å². The molecule has 0 aliphatic rings. The van der Waals surface area contributed by atoms with Gasteiger partial charge >= 0.3 is 73.6 Å². The van der Waals surface area contributed by atoms with Gasteiger partial charge in [-0.2, -0.15) is 0 Å². The zero-order valence-corrected chi connectivity index (χ0v) is 9.19. The van der Waals surface area contributed by atoms with Crippen LogP contribution < -0.4 is 0 Å². The van der Waals surface area contributed by atoms with Crippen LogP contribution in [0, 0.1) is 0 Å². The van der Waals surface area contributed by atoms with Gasteiger partial charge in [-0.05, 0) is 0 Å². The van der Waals surface area contributed by atoms with Gasteiger partial charge in [-0.25, -0.2) is 0 Å². The van der Waals surface area contributed by atoms with Gasteiger partial charge in [-0.15, -0.1) is 0 Å². The molecule has 11 heavy (non-hydrogen) atoms. The Hall–Kier alpha value is 0.660. The molecule has 5 heteroatoms. The molecular formula is C6H17O3PS. The van der Waals surface area contributed by atoms with E-state index in [9.17, 15) is 0 Å². The summed E-state index contributed by atoms with van der Waals surface area (Å²) >= 11 is 4.23. The molecule has 0 aromatic heterocycles. The Kier molecular flexibility index (Phi) is 6.58. The summed E-state index contributed by atoms with van der Waals surface area (Å²) in [5, 5.41) is 0. The molecule has 0 aliphatic heterocycles. The van der Waals surface area contributed by atoms with Crippen LogP contribution in [0.5, 0.6) is 0 Å². The molecule has 0 aromatic carbocycles. The summed E-state index contributed by atoms with van der Waals surface area (Å²) in [6.07, 6.45) is 0. The van der Waals surface area contributed by atoms with Crippen molar-refractivity contribution in [2.75, 3.05) is 19.8 Å². The van der Waals surface area contributed by atoms with Gasteiger partial charge in [0.1, 0.15) is 0 Å². The van der Waals surface area contributed by atoms with Crippen LogP contribution in [0.4, 0.5) is 0 Å². The Labute approximate surface area is 74.2 Å². The average Bonchev–Trinajstić information content (AvgIpc) is 1.88. The third-order valence-electron chi connectivity index (χ3n) is 0.980. The van der Waals surface area contributed by atoms with Crippen molar-refractivity contribution < 1.29 is 13.6 Å². The van der Waals surface area contributed by atoms with E-state index in [0.717, 1.165) is 0 Å². The second-order valence-electron chi connectivity index (χ2n) is 1.82. The van der Waals surface area contributed by atoms with Gasteiger partial charge < -0.3 is 0 Å². The second kappa shape index (κ2) is 6.21. The predicted octanol–water partition coefficient (Wildman–Crippen LogP) is 2.44. The van der Waals surface area contributed by atoms with Crippen molar-refractivity contribution in [2.24, 2.45) is 0 Å². The molecule has 0 atom stereocenters. The summed E-state index contributed by atoms with van der Waals surface area (Å²) in [7, 11) is -2.55. The maximum absolute atomic E-state index is 5.27.